The number of carbonyl (C=O) groups excluding carboxylic acids is 2. The fourth-order valence-electron chi connectivity index (χ4n) is 4.71. The van der Waals surface area contributed by atoms with Gasteiger partial charge in [-0.15, -0.1) is 0 Å². The van der Waals surface area contributed by atoms with Gasteiger partial charge in [0.15, 0.2) is 5.78 Å². The summed E-state index contributed by atoms with van der Waals surface area (Å²) in [5.41, 5.74) is 3.26. The third-order valence-corrected chi connectivity index (χ3v) is 6.48. The number of aromatic nitrogens is 1. The first-order valence-electron chi connectivity index (χ1n) is 10.8. The molecule has 0 unspecified atom stereocenters. The lowest BCUT2D eigenvalue weighted by molar-refractivity contribution is -0.116. The number of anilines is 1. The molecule has 2 atom stereocenters. The molecule has 0 spiro atoms. The largest absolute Gasteiger partial charge is 0.469 e. The van der Waals surface area contributed by atoms with Crippen molar-refractivity contribution in [3.05, 3.63) is 106 Å². The Bertz CT molecular complexity index is 1280. The number of amides is 1. The van der Waals surface area contributed by atoms with Crippen molar-refractivity contribution in [2.75, 3.05) is 5.32 Å². The van der Waals surface area contributed by atoms with Crippen LogP contribution in [-0.2, 0) is 9.59 Å². The van der Waals surface area contributed by atoms with E-state index in [4.69, 9.17) is 16.0 Å². The number of furan rings is 1. The quantitative estimate of drug-likeness (QED) is 0.551. The average molecular weight is 460 g/mol. The number of Topliss-reactive ketones (excluding diaryl/α,β-unsaturated/α-hetero) is 1. The van der Waals surface area contributed by atoms with Crippen molar-refractivity contribution in [3.8, 4) is 0 Å². The van der Waals surface area contributed by atoms with Gasteiger partial charge >= 0.3 is 0 Å². The summed E-state index contributed by atoms with van der Waals surface area (Å²) < 4.78 is 5.58. The predicted molar refractivity (Wildman–Crippen MR) is 126 cm³/mol. The molecule has 2 aromatic heterocycles. The van der Waals surface area contributed by atoms with Crippen LogP contribution < -0.4 is 10.6 Å². The lowest BCUT2D eigenvalue weighted by atomic mass is 9.72. The van der Waals surface area contributed by atoms with Crippen molar-refractivity contribution in [1.29, 1.82) is 0 Å². The van der Waals surface area contributed by atoms with E-state index in [1.807, 2.05) is 37.3 Å². The number of pyridine rings is 1. The van der Waals surface area contributed by atoms with E-state index in [1.54, 1.807) is 36.7 Å². The average Bonchev–Trinajstić information content (AvgIpc) is 3.34. The van der Waals surface area contributed by atoms with Gasteiger partial charge in [0.1, 0.15) is 11.6 Å². The summed E-state index contributed by atoms with van der Waals surface area (Å²) in [5.74, 6) is 0.243. The Hall–Kier alpha value is -3.64. The first-order chi connectivity index (χ1) is 16.0. The van der Waals surface area contributed by atoms with Gasteiger partial charge in [0, 0.05) is 52.0 Å². The number of rotatable bonds is 4. The van der Waals surface area contributed by atoms with E-state index in [1.165, 1.54) is 0 Å². The van der Waals surface area contributed by atoms with E-state index >= 15 is 0 Å². The Labute approximate surface area is 196 Å². The molecule has 7 heteroatoms. The predicted octanol–water partition coefficient (Wildman–Crippen LogP) is 5.33. The summed E-state index contributed by atoms with van der Waals surface area (Å²) in [5, 5.41) is 6.72. The van der Waals surface area contributed by atoms with Gasteiger partial charge in [-0.1, -0.05) is 35.9 Å². The van der Waals surface area contributed by atoms with E-state index < -0.39 is 5.92 Å². The molecular formula is C26H22ClN3O3. The third kappa shape index (κ3) is 3.98. The Morgan fingerprint density at radius 1 is 1.12 bits per heavy atom. The number of dihydropyridines is 1. The highest BCUT2D eigenvalue weighted by Gasteiger charge is 2.42. The lowest BCUT2D eigenvalue weighted by Gasteiger charge is -2.36. The van der Waals surface area contributed by atoms with Gasteiger partial charge in [-0.2, -0.15) is 0 Å². The zero-order valence-electron chi connectivity index (χ0n) is 18.0. The first kappa shape index (κ1) is 21.2. The molecule has 1 aromatic carbocycles. The number of halogens is 1. The van der Waals surface area contributed by atoms with Crippen LogP contribution in [0.5, 0.6) is 0 Å². The molecule has 2 aliphatic rings. The van der Waals surface area contributed by atoms with E-state index in [9.17, 15) is 9.59 Å². The van der Waals surface area contributed by atoms with Crippen LogP contribution in [-0.4, -0.2) is 16.7 Å². The summed E-state index contributed by atoms with van der Waals surface area (Å²) in [6, 6.07) is 16.4. The van der Waals surface area contributed by atoms with Crippen LogP contribution >= 0.6 is 11.6 Å². The fraction of sp³-hybridized carbons (Fsp3) is 0.192. The molecule has 33 heavy (non-hydrogen) atoms. The molecule has 0 radical (unpaired) electrons. The fourth-order valence-corrected chi connectivity index (χ4v) is 4.95. The lowest BCUT2D eigenvalue weighted by Crippen LogP contribution is -2.37. The second-order valence-electron chi connectivity index (χ2n) is 8.22. The maximum absolute atomic E-state index is 13.5. The number of allylic oxidation sites excluding steroid dienone is 3. The maximum Gasteiger partial charge on any atom is 0.255 e. The van der Waals surface area contributed by atoms with Crippen LogP contribution in [0.4, 0.5) is 5.82 Å². The van der Waals surface area contributed by atoms with Gasteiger partial charge < -0.3 is 15.1 Å². The number of nitrogens with one attached hydrogen (secondary N) is 2. The molecule has 1 amide bonds. The normalized spacial score (nSPS) is 20.4. The number of nitrogens with zero attached hydrogens (tertiary/aromatic N) is 1. The highest BCUT2D eigenvalue weighted by atomic mass is 35.5. The molecule has 0 saturated carbocycles. The van der Waals surface area contributed by atoms with Crippen LogP contribution in [0.3, 0.4) is 0 Å². The van der Waals surface area contributed by atoms with Crippen LogP contribution in [0.25, 0.3) is 0 Å². The summed E-state index contributed by atoms with van der Waals surface area (Å²) in [4.78, 5) is 31.2. The molecule has 3 heterocycles. The molecule has 1 aliphatic heterocycles. The standard InChI is InChI=1S/C26H22ClN3O3/c1-15-23(26(32)30-22-10-4-5-11-28-22)24(17-7-2-3-8-18(17)27)25-19(29-15)13-16(14-20(25)31)21-9-6-12-33-21/h2-12,16,24,29H,13-14H2,1H3,(H,28,30,32)/t16-,24+/m1/s1. The van der Waals surface area contributed by atoms with Gasteiger partial charge in [-0.3, -0.25) is 9.59 Å². The third-order valence-electron chi connectivity index (χ3n) is 6.14. The van der Waals surface area contributed by atoms with Crippen molar-refractivity contribution in [2.24, 2.45) is 0 Å². The molecule has 1 aliphatic carbocycles. The molecule has 5 rings (SSSR count). The minimum absolute atomic E-state index is 0.0225. The molecule has 0 bridgehead atoms. The Morgan fingerprint density at radius 3 is 2.67 bits per heavy atom. The zero-order valence-corrected chi connectivity index (χ0v) is 18.7. The van der Waals surface area contributed by atoms with Crippen LogP contribution in [0, 0.1) is 0 Å². The molecule has 0 fully saturated rings. The minimum Gasteiger partial charge on any atom is -0.469 e. The molecule has 0 saturated heterocycles. The Kier molecular flexibility index (Phi) is 5.60. The van der Waals surface area contributed by atoms with Crippen LogP contribution in [0.2, 0.25) is 5.02 Å². The topological polar surface area (TPSA) is 84.2 Å². The number of benzene rings is 1. The van der Waals surface area contributed by atoms with Crippen molar-refractivity contribution >= 4 is 29.1 Å². The van der Waals surface area contributed by atoms with E-state index in [2.05, 4.69) is 15.6 Å². The highest BCUT2D eigenvalue weighted by molar-refractivity contribution is 6.31. The van der Waals surface area contributed by atoms with E-state index in [0.717, 1.165) is 17.0 Å². The maximum atomic E-state index is 13.5. The highest BCUT2D eigenvalue weighted by Crippen LogP contribution is 2.47. The first-order valence-corrected chi connectivity index (χ1v) is 11.1. The number of carbonyl (C=O) groups is 2. The van der Waals surface area contributed by atoms with Crippen LogP contribution in [0.15, 0.2) is 94.0 Å². The van der Waals surface area contributed by atoms with Gasteiger partial charge in [0.2, 0.25) is 0 Å². The van der Waals surface area contributed by atoms with Gasteiger partial charge in [0.25, 0.3) is 5.91 Å². The minimum atomic E-state index is -0.580. The van der Waals surface area contributed by atoms with Gasteiger partial charge in [-0.25, -0.2) is 4.98 Å². The van der Waals surface area contributed by atoms with Gasteiger partial charge in [0.05, 0.1) is 6.26 Å². The van der Waals surface area contributed by atoms with Crippen molar-refractivity contribution in [3.63, 3.8) is 0 Å². The Balaban J connectivity index is 1.59. The van der Waals surface area contributed by atoms with E-state index in [0.29, 0.717) is 40.5 Å². The summed E-state index contributed by atoms with van der Waals surface area (Å²) in [7, 11) is 0. The summed E-state index contributed by atoms with van der Waals surface area (Å²) in [6.45, 7) is 1.85. The van der Waals surface area contributed by atoms with E-state index in [-0.39, 0.29) is 17.6 Å². The number of hydrogen-bond donors (Lipinski definition) is 2. The molecule has 6 nitrogen and oxygen atoms in total. The second-order valence-corrected chi connectivity index (χ2v) is 8.63. The van der Waals surface area contributed by atoms with Crippen LogP contribution in [0.1, 0.15) is 42.9 Å². The SMILES string of the molecule is CC1=C(C(=O)Nc2ccccn2)[C@H](c2ccccc2Cl)C2=C(C[C@@H](c3ccco3)CC2=O)N1. The summed E-state index contributed by atoms with van der Waals surface area (Å²) >= 11 is 6.59. The Morgan fingerprint density at radius 2 is 1.94 bits per heavy atom. The smallest absolute Gasteiger partial charge is 0.255 e. The van der Waals surface area contributed by atoms with Gasteiger partial charge in [-0.05, 0) is 49.2 Å². The monoisotopic (exact) mass is 459 g/mol. The van der Waals surface area contributed by atoms with Crippen molar-refractivity contribution in [1.82, 2.24) is 10.3 Å². The molecular weight excluding hydrogens is 438 g/mol. The second kappa shape index (κ2) is 8.71. The number of ketones is 1. The van der Waals surface area contributed by atoms with Crippen molar-refractivity contribution < 1.29 is 14.0 Å². The molecule has 3 aromatic rings. The van der Waals surface area contributed by atoms with Crippen molar-refractivity contribution in [2.45, 2.75) is 31.6 Å². The number of hydrogen-bond acceptors (Lipinski definition) is 5. The summed E-state index contributed by atoms with van der Waals surface area (Å²) in [6.07, 6.45) is 4.16. The zero-order chi connectivity index (χ0) is 22.9. The molecule has 166 valence electrons. The molecule has 2 N–H and O–H groups in total.